The van der Waals surface area contributed by atoms with Gasteiger partial charge in [0.25, 0.3) is 0 Å². The van der Waals surface area contributed by atoms with E-state index in [2.05, 4.69) is 11.7 Å². The fourth-order valence-corrected chi connectivity index (χ4v) is 1.24. The van der Waals surface area contributed by atoms with Crippen molar-refractivity contribution in [2.75, 3.05) is 0 Å². The summed E-state index contributed by atoms with van der Waals surface area (Å²) in [5.74, 6) is -0.129. The monoisotopic (exact) mass is 202 g/mol. The van der Waals surface area contributed by atoms with Gasteiger partial charge in [-0.25, -0.2) is 4.79 Å². The lowest BCUT2D eigenvalue weighted by molar-refractivity contribution is 0.497. The maximum absolute atomic E-state index is 11.3. The van der Waals surface area contributed by atoms with Crippen LogP contribution in [0.4, 0.5) is 0 Å². The van der Waals surface area contributed by atoms with Crippen LogP contribution in [0.25, 0.3) is 11.5 Å². The number of hydrogen-bond donors (Lipinski definition) is 0. The molecule has 0 aliphatic heterocycles. The summed E-state index contributed by atoms with van der Waals surface area (Å²) < 4.78 is 6.23. The molecule has 0 saturated heterocycles. The van der Waals surface area contributed by atoms with Crippen LogP contribution >= 0.6 is 0 Å². The quantitative estimate of drug-likeness (QED) is 0.711. The van der Waals surface area contributed by atoms with Crippen LogP contribution in [-0.2, 0) is 6.54 Å². The molecule has 2 aromatic rings. The van der Waals surface area contributed by atoms with Gasteiger partial charge in [-0.15, -0.1) is 11.7 Å². The Bertz CT molecular complexity index is 511. The van der Waals surface area contributed by atoms with Crippen molar-refractivity contribution >= 4 is 0 Å². The minimum absolute atomic E-state index is 0.336. The molecular formula is C11H10N2O2. The third-order valence-electron chi connectivity index (χ3n) is 1.93. The zero-order valence-electron chi connectivity index (χ0n) is 8.09. The van der Waals surface area contributed by atoms with Gasteiger partial charge in [-0.1, -0.05) is 24.3 Å². The lowest BCUT2D eigenvalue weighted by Crippen LogP contribution is -2.14. The molecule has 0 unspecified atom stereocenters. The van der Waals surface area contributed by atoms with Gasteiger partial charge in [0.1, 0.15) is 0 Å². The van der Waals surface area contributed by atoms with Gasteiger partial charge in [-0.3, -0.25) is 0 Å². The first kappa shape index (κ1) is 9.45. The van der Waals surface area contributed by atoms with E-state index in [1.54, 1.807) is 6.08 Å². The highest BCUT2D eigenvalue weighted by Gasteiger charge is 2.07. The zero-order chi connectivity index (χ0) is 10.7. The van der Waals surface area contributed by atoms with Crippen molar-refractivity contribution < 1.29 is 4.42 Å². The van der Waals surface area contributed by atoms with Crippen LogP contribution in [-0.4, -0.2) is 9.78 Å². The SMILES string of the molecule is C=CCn1nc(-c2ccccc2)oc1=O. The fraction of sp³-hybridized carbons (Fsp3) is 0.0909. The van der Waals surface area contributed by atoms with E-state index in [4.69, 9.17) is 4.42 Å². The lowest BCUT2D eigenvalue weighted by atomic mass is 10.2. The van der Waals surface area contributed by atoms with E-state index >= 15 is 0 Å². The van der Waals surface area contributed by atoms with Crippen molar-refractivity contribution in [3.8, 4) is 11.5 Å². The van der Waals surface area contributed by atoms with Crippen LogP contribution < -0.4 is 5.76 Å². The maximum atomic E-state index is 11.3. The number of aromatic nitrogens is 2. The molecule has 1 heterocycles. The predicted octanol–water partition coefficient (Wildman–Crippen LogP) is 1.69. The van der Waals surface area contributed by atoms with Gasteiger partial charge in [-0.2, -0.15) is 4.68 Å². The van der Waals surface area contributed by atoms with Gasteiger partial charge < -0.3 is 4.42 Å². The van der Waals surface area contributed by atoms with Gasteiger partial charge in [0.05, 0.1) is 6.54 Å². The average molecular weight is 202 g/mol. The first-order chi connectivity index (χ1) is 7.31. The molecule has 0 atom stereocenters. The molecule has 1 aromatic heterocycles. The molecule has 0 fully saturated rings. The number of nitrogens with zero attached hydrogens (tertiary/aromatic N) is 2. The molecule has 4 heteroatoms. The highest BCUT2D eigenvalue weighted by molar-refractivity contribution is 5.51. The predicted molar refractivity (Wildman–Crippen MR) is 56.4 cm³/mol. The van der Waals surface area contributed by atoms with E-state index in [-0.39, 0.29) is 0 Å². The van der Waals surface area contributed by atoms with E-state index in [0.29, 0.717) is 12.4 Å². The molecule has 0 saturated carbocycles. The summed E-state index contributed by atoms with van der Waals surface area (Å²) in [4.78, 5) is 11.3. The lowest BCUT2D eigenvalue weighted by Gasteiger charge is -1.91. The molecule has 0 N–H and O–H groups in total. The summed E-state index contributed by atoms with van der Waals surface area (Å²) in [5.41, 5.74) is 0.789. The Labute approximate surface area is 86.5 Å². The Morgan fingerprint density at radius 3 is 2.80 bits per heavy atom. The average Bonchev–Trinajstić information content (AvgIpc) is 2.63. The molecule has 76 valence electrons. The van der Waals surface area contributed by atoms with E-state index in [9.17, 15) is 4.79 Å². The van der Waals surface area contributed by atoms with Crippen molar-refractivity contribution in [1.82, 2.24) is 9.78 Å². The molecule has 0 bridgehead atoms. The van der Waals surface area contributed by atoms with Gasteiger partial charge >= 0.3 is 5.76 Å². The summed E-state index contributed by atoms with van der Waals surface area (Å²) in [5, 5.41) is 4.04. The van der Waals surface area contributed by atoms with Crippen LogP contribution in [0.3, 0.4) is 0 Å². The second-order valence-corrected chi connectivity index (χ2v) is 3.01. The minimum Gasteiger partial charge on any atom is -0.388 e. The molecular weight excluding hydrogens is 192 g/mol. The van der Waals surface area contributed by atoms with E-state index in [1.807, 2.05) is 30.3 Å². The molecule has 15 heavy (non-hydrogen) atoms. The molecule has 0 aliphatic rings. The van der Waals surface area contributed by atoms with Crippen LogP contribution in [0.5, 0.6) is 0 Å². The first-order valence-electron chi connectivity index (χ1n) is 4.55. The largest absolute Gasteiger partial charge is 0.437 e. The number of hydrogen-bond acceptors (Lipinski definition) is 3. The first-order valence-corrected chi connectivity index (χ1v) is 4.55. The molecule has 0 aliphatic carbocycles. The molecule has 1 aromatic carbocycles. The van der Waals surface area contributed by atoms with Crippen LogP contribution in [0, 0.1) is 0 Å². The molecule has 0 amide bonds. The summed E-state index contributed by atoms with van der Waals surface area (Å²) in [6.45, 7) is 3.89. The topological polar surface area (TPSA) is 48.0 Å². The third kappa shape index (κ3) is 1.88. The highest BCUT2D eigenvalue weighted by Crippen LogP contribution is 2.13. The molecule has 4 nitrogen and oxygen atoms in total. The summed E-state index contributed by atoms with van der Waals surface area (Å²) in [7, 11) is 0. The van der Waals surface area contributed by atoms with Gasteiger partial charge in [-0.05, 0) is 12.1 Å². The van der Waals surface area contributed by atoms with Crippen molar-refractivity contribution in [3.05, 3.63) is 53.5 Å². The van der Waals surface area contributed by atoms with Crippen molar-refractivity contribution in [1.29, 1.82) is 0 Å². The van der Waals surface area contributed by atoms with Crippen molar-refractivity contribution in [2.45, 2.75) is 6.54 Å². The normalized spacial score (nSPS) is 10.1. The van der Waals surface area contributed by atoms with Crippen molar-refractivity contribution in [2.24, 2.45) is 0 Å². The van der Waals surface area contributed by atoms with Crippen LogP contribution in [0.2, 0.25) is 0 Å². The number of allylic oxidation sites excluding steroid dienone is 1. The third-order valence-corrected chi connectivity index (χ3v) is 1.93. The zero-order valence-corrected chi connectivity index (χ0v) is 8.09. The minimum atomic E-state index is -0.464. The van der Waals surface area contributed by atoms with E-state index in [0.717, 1.165) is 5.56 Å². The molecule has 0 spiro atoms. The smallest absolute Gasteiger partial charge is 0.388 e. The summed E-state index contributed by atoms with van der Waals surface area (Å²) in [6, 6.07) is 9.29. The standard InChI is InChI=1S/C11H10N2O2/c1-2-8-13-11(14)15-10(12-13)9-6-4-3-5-7-9/h2-7H,1,8H2. The maximum Gasteiger partial charge on any atom is 0.437 e. The number of benzene rings is 1. The number of rotatable bonds is 3. The summed E-state index contributed by atoms with van der Waals surface area (Å²) in [6.07, 6.45) is 1.60. The molecule has 0 radical (unpaired) electrons. The highest BCUT2D eigenvalue weighted by atomic mass is 16.4. The van der Waals surface area contributed by atoms with Gasteiger partial charge in [0.15, 0.2) is 0 Å². The van der Waals surface area contributed by atoms with E-state index < -0.39 is 5.76 Å². The van der Waals surface area contributed by atoms with E-state index in [1.165, 1.54) is 4.68 Å². The van der Waals surface area contributed by atoms with Crippen LogP contribution in [0.1, 0.15) is 0 Å². The Morgan fingerprint density at radius 1 is 1.40 bits per heavy atom. The molecule has 2 rings (SSSR count). The van der Waals surface area contributed by atoms with Crippen LogP contribution in [0.15, 0.2) is 52.2 Å². The van der Waals surface area contributed by atoms with Gasteiger partial charge in [0.2, 0.25) is 5.89 Å². The Morgan fingerprint density at radius 2 is 2.13 bits per heavy atom. The second kappa shape index (κ2) is 3.96. The fourth-order valence-electron chi connectivity index (χ4n) is 1.24. The Balaban J connectivity index is 2.43. The van der Waals surface area contributed by atoms with Crippen molar-refractivity contribution in [3.63, 3.8) is 0 Å². The Hall–Kier alpha value is -2.10. The summed E-state index contributed by atoms with van der Waals surface area (Å²) >= 11 is 0. The van der Waals surface area contributed by atoms with Gasteiger partial charge in [0, 0.05) is 5.56 Å². The second-order valence-electron chi connectivity index (χ2n) is 3.01. The Kier molecular flexibility index (Phi) is 2.49.